The zero-order chi connectivity index (χ0) is 20.8. The third-order valence-electron chi connectivity index (χ3n) is 5.66. The van der Waals surface area contributed by atoms with Gasteiger partial charge in [0.25, 0.3) is 0 Å². The van der Waals surface area contributed by atoms with Gasteiger partial charge < -0.3 is 0 Å². The lowest BCUT2D eigenvalue weighted by Gasteiger charge is -2.22. The molecule has 2 aliphatic carbocycles. The van der Waals surface area contributed by atoms with Gasteiger partial charge in [-0.15, -0.1) is 0 Å². The molecule has 0 radical (unpaired) electrons. The van der Waals surface area contributed by atoms with Gasteiger partial charge in [0, 0.05) is 30.3 Å². The Kier molecular flexibility index (Phi) is 4.99. The minimum absolute atomic E-state index is 0.241. The molecule has 1 aromatic heterocycles. The van der Waals surface area contributed by atoms with Crippen LogP contribution < -0.4 is 0 Å². The normalized spacial score (nSPS) is 16.4. The smallest absolute Gasteiger partial charge is 0.199 e. The number of halogens is 3. The largest absolute Gasteiger partial charge is 0.297 e. The Morgan fingerprint density at radius 2 is 1.77 bits per heavy atom. The highest BCUT2D eigenvalue weighted by molar-refractivity contribution is 7.71. The van der Waals surface area contributed by atoms with Crippen LogP contribution in [-0.4, -0.2) is 25.3 Å². The van der Waals surface area contributed by atoms with E-state index in [1.807, 2.05) is 4.57 Å². The van der Waals surface area contributed by atoms with Crippen LogP contribution in [0.5, 0.6) is 0 Å². The van der Waals surface area contributed by atoms with Gasteiger partial charge in [0.15, 0.2) is 10.6 Å². The number of hydrogen-bond acceptors (Lipinski definition) is 3. The maximum absolute atomic E-state index is 14.5. The molecule has 0 atom stereocenters. The van der Waals surface area contributed by atoms with E-state index in [1.165, 1.54) is 18.2 Å². The van der Waals surface area contributed by atoms with Crippen molar-refractivity contribution < 1.29 is 13.2 Å². The molecule has 3 aromatic rings. The molecule has 2 saturated carbocycles. The highest BCUT2D eigenvalue weighted by Gasteiger charge is 2.33. The van der Waals surface area contributed by atoms with Crippen molar-refractivity contribution in [2.75, 3.05) is 0 Å². The van der Waals surface area contributed by atoms with E-state index in [-0.39, 0.29) is 11.9 Å². The van der Waals surface area contributed by atoms with Gasteiger partial charge >= 0.3 is 0 Å². The van der Waals surface area contributed by atoms with Gasteiger partial charge in [-0.2, -0.15) is 5.10 Å². The fourth-order valence-corrected chi connectivity index (χ4v) is 4.11. The van der Waals surface area contributed by atoms with E-state index in [9.17, 15) is 13.2 Å². The van der Waals surface area contributed by atoms with E-state index in [1.54, 1.807) is 22.9 Å². The maximum Gasteiger partial charge on any atom is 0.199 e. The molecule has 0 spiro atoms. The molecule has 8 heteroatoms. The molecule has 5 rings (SSSR count). The number of aromatic nitrogens is 3. The highest BCUT2D eigenvalue weighted by atomic mass is 32.1. The number of nitrogens with zero attached hydrogens (tertiary/aromatic N) is 4. The first-order valence-corrected chi connectivity index (χ1v) is 10.5. The van der Waals surface area contributed by atoms with Gasteiger partial charge in [-0.3, -0.25) is 9.47 Å². The molecule has 0 aliphatic heterocycles. The summed E-state index contributed by atoms with van der Waals surface area (Å²) in [5, 5.41) is 4.67. The van der Waals surface area contributed by atoms with Crippen LogP contribution in [0.2, 0.25) is 0 Å². The van der Waals surface area contributed by atoms with Crippen molar-refractivity contribution in [3.8, 4) is 11.4 Å². The molecule has 0 N–H and O–H groups in total. The number of rotatable bonds is 7. The molecule has 2 aromatic carbocycles. The Bertz CT molecular complexity index is 1150. The van der Waals surface area contributed by atoms with Gasteiger partial charge in [0.05, 0.1) is 12.2 Å². The minimum Gasteiger partial charge on any atom is -0.297 e. The molecule has 4 nitrogen and oxygen atoms in total. The number of hydrogen-bond donors (Lipinski definition) is 0. The van der Waals surface area contributed by atoms with Crippen LogP contribution in [0.1, 0.15) is 37.3 Å². The second-order valence-corrected chi connectivity index (χ2v) is 8.41. The van der Waals surface area contributed by atoms with Crippen LogP contribution in [-0.2, 0) is 13.2 Å². The molecule has 0 amide bonds. The van der Waals surface area contributed by atoms with Crippen molar-refractivity contribution in [2.45, 2.75) is 51.0 Å². The van der Waals surface area contributed by atoms with Crippen LogP contribution in [0.15, 0.2) is 42.5 Å². The van der Waals surface area contributed by atoms with E-state index in [4.69, 9.17) is 12.2 Å². The average molecular weight is 430 g/mol. The van der Waals surface area contributed by atoms with Crippen molar-refractivity contribution in [2.24, 2.45) is 0 Å². The summed E-state index contributed by atoms with van der Waals surface area (Å²) in [6.45, 7) is 0.714. The Labute approximate surface area is 177 Å². The van der Waals surface area contributed by atoms with Gasteiger partial charge in [0.2, 0.25) is 0 Å². The summed E-state index contributed by atoms with van der Waals surface area (Å²) < 4.78 is 46.1. The predicted octanol–water partition coefficient (Wildman–Crippen LogP) is 5.46. The van der Waals surface area contributed by atoms with E-state index in [0.717, 1.165) is 31.7 Å². The number of benzene rings is 2. The standard InChI is InChI=1S/C22H21F3N4S/c23-15-6-5-14(20(25)11-15)12-27(16-7-8-16)13-28-22(30)29(17-9-10-17)21(26-28)18-3-1-2-4-19(18)24/h1-6,11,16-17H,7-10,12-13H2. The molecule has 0 bridgehead atoms. The van der Waals surface area contributed by atoms with Gasteiger partial charge in [-0.1, -0.05) is 18.2 Å². The third-order valence-corrected chi connectivity index (χ3v) is 6.07. The molecular formula is C22H21F3N4S. The summed E-state index contributed by atoms with van der Waals surface area (Å²) in [5.74, 6) is -0.947. The zero-order valence-electron chi connectivity index (χ0n) is 16.3. The van der Waals surface area contributed by atoms with Crippen molar-refractivity contribution in [3.63, 3.8) is 0 Å². The van der Waals surface area contributed by atoms with Crippen LogP contribution >= 0.6 is 12.2 Å². The third kappa shape index (κ3) is 3.81. The highest BCUT2D eigenvalue weighted by Crippen LogP contribution is 2.39. The SMILES string of the molecule is Fc1ccc(CN(Cn2nc(-c3ccccc3F)n(C3CC3)c2=S)C2CC2)c(F)c1. The first kappa shape index (κ1) is 19.5. The molecule has 2 aliphatic rings. The van der Waals surface area contributed by atoms with E-state index in [0.29, 0.717) is 41.0 Å². The molecule has 0 unspecified atom stereocenters. The van der Waals surface area contributed by atoms with Crippen molar-refractivity contribution in [1.29, 1.82) is 0 Å². The van der Waals surface area contributed by atoms with Crippen molar-refractivity contribution >= 4 is 12.2 Å². The lowest BCUT2D eigenvalue weighted by Crippen LogP contribution is -2.29. The second kappa shape index (κ2) is 7.67. The molecule has 156 valence electrons. The van der Waals surface area contributed by atoms with Crippen molar-refractivity contribution in [3.05, 3.63) is 70.3 Å². The first-order chi connectivity index (χ1) is 14.5. The molecular weight excluding hydrogens is 409 g/mol. The van der Waals surface area contributed by atoms with E-state index in [2.05, 4.69) is 10.00 Å². The van der Waals surface area contributed by atoms with E-state index >= 15 is 0 Å². The van der Waals surface area contributed by atoms with Crippen LogP contribution in [0, 0.1) is 22.2 Å². The summed E-state index contributed by atoms with van der Waals surface area (Å²) in [6, 6.07) is 10.8. The van der Waals surface area contributed by atoms with Crippen LogP contribution in [0.3, 0.4) is 0 Å². The summed E-state index contributed by atoms with van der Waals surface area (Å²) in [7, 11) is 0. The fourth-order valence-electron chi connectivity index (χ4n) is 3.78. The summed E-state index contributed by atoms with van der Waals surface area (Å²) >= 11 is 5.70. The monoisotopic (exact) mass is 430 g/mol. The predicted molar refractivity (Wildman–Crippen MR) is 110 cm³/mol. The minimum atomic E-state index is -0.589. The lowest BCUT2D eigenvalue weighted by molar-refractivity contribution is 0.184. The second-order valence-electron chi connectivity index (χ2n) is 8.04. The topological polar surface area (TPSA) is 26.0 Å². The quantitative estimate of drug-likeness (QED) is 0.466. The van der Waals surface area contributed by atoms with Gasteiger partial charge in [-0.05, 0) is 56.1 Å². The van der Waals surface area contributed by atoms with Crippen LogP contribution in [0.25, 0.3) is 11.4 Å². The summed E-state index contributed by atoms with van der Waals surface area (Å²) in [6.07, 6.45) is 4.02. The summed E-state index contributed by atoms with van der Waals surface area (Å²) in [5.41, 5.74) is 0.863. The van der Waals surface area contributed by atoms with Gasteiger partial charge in [-0.25, -0.2) is 17.9 Å². The zero-order valence-corrected chi connectivity index (χ0v) is 17.1. The Balaban J connectivity index is 1.48. The molecule has 30 heavy (non-hydrogen) atoms. The van der Waals surface area contributed by atoms with E-state index < -0.39 is 11.6 Å². The Morgan fingerprint density at radius 3 is 2.43 bits per heavy atom. The summed E-state index contributed by atoms with van der Waals surface area (Å²) in [4.78, 5) is 2.10. The molecule has 1 heterocycles. The first-order valence-electron chi connectivity index (χ1n) is 10.1. The average Bonchev–Trinajstić information content (AvgIpc) is 3.63. The Morgan fingerprint density at radius 1 is 1.00 bits per heavy atom. The van der Waals surface area contributed by atoms with Crippen molar-refractivity contribution in [1.82, 2.24) is 19.2 Å². The molecule has 2 fully saturated rings. The van der Waals surface area contributed by atoms with Gasteiger partial charge in [0.1, 0.15) is 17.5 Å². The molecule has 0 saturated heterocycles. The maximum atomic E-state index is 14.5. The lowest BCUT2D eigenvalue weighted by atomic mass is 10.2. The van der Waals surface area contributed by atoms with Crippen LogP contribution in [0.4, 0.5) is 13.2 Å². The Hall–Kier alpha value is -2.45. The fraction of sp³-hybridized carbons (Fsp3) is 0.364.